The third-order valence-corrected chi connectivity index (χ3v) is 4.01. The topological polar surface area (TPSA) is 107 Å². The summed E-state index contributed by atoms with van der Waals surface area (Å²) in [5, 5.41) is 13.4. The number of fused-ring (bicyclic) bond motifs is 1. The molecule has 0 radical (unpaired) electrons. The smallest absolute Gasteiger partial charge is 0.329 e. The quantitative estimate of drug-likeness (QED) is 0.726. The number of rotatable bonds is 7. The van der Waals surface area contributed by atoms with Crippen molar-refractivity contribution in [3.63, 3.8) is 0 Å². The lowest BCUT2D eigenvalue weighted by molar-refractivity contribution is -0.142. The van der Waals surface area contributed by atoms with Gasteiger partial charge in [-0.05, 0) is 18.2 Å². The molecule has 0 spiro atoms. The SMILES string of the molecule is O=C(O)COCCNC(=O)c1csc(-c2ccc3c(c2)OCO3)n1. The van der Waals surface area contributed by atoms with E-state index in [4.69, 9.17) is 19.3 Å². The first-order chi connectivity index (χ1) is 11.6. The molecule has 2 heterocycles. The number of benzene rings is 1. The van der Waals surface area contributed by atoms with E-state index in [0.29, 0.717) is 22.2 Å². The molecule has 1 aromatic heterocycles. The molecule has 0 bridgehead atoms. The lowest BCUT2D eigenvalue weighted by Crippen LogP contribution is -2.28. The molecular weight excluding hydrogens is 336 g/mol. The number of aliphatic carboxylic acids is 1. The van der Waals surface area contributed by atoms with Gasteiger partial charge in [0.1, 0.15) is 17.3 Å². The number of carboxylic acid groups (broad SMARTS) is 1. The van der Waals surface area contributed by atoms with Gasteiger partial charge in [-0.3, -0.25) is 4.79 Å². The van der Waals surface area contributed by atoms with Crippen LogP contribution in [0.2, 0.25) is 0 Å². The van der Waals surface area contributed by atoms with Crippen molar-refractivity contribution in [2.45, 2.75) is 0 Å². The molecule has 2 aromatic rings. The molecule has 1 amide bonds. The molecule has 0 aliphatic carbocycles. The van der Waals surface area contributed by atoms with Gasteiger partial charge in [-0.15, -0.1) is 11.3 Å². The van der Waals surface area contributed by atoms with Crippen molar-refractivity contribution in [1.82, 2.24) is 10.3 Å². The van der Waals surface area contributed by atoms with E-state index in [1.54, 1.807) is 11.4 Å². The van der Waals surface area contributed by atoms with Crippen LogP contribution in [0.4, 0.5) is 0 Å². The van der Waals surface area contributed by atoms with Gasteiger partial charge in [-0.25, -0.2) is 9.78 Å². The first-order valence-electron chi connectivity index (χ1n) is 7.07. The number of aromatic nitrogens is 1. The molecule has 0 fully saturated rings. The second-order valence-electron chi connectivity index (χ2n) is 4.81. The van der Waals surface area contributed by atoms with Crippen LogP contribution in [-0.2, 0) is 9.53 Å². The van der Waals surface area contributed by atoms with E-state index in [2.05, 4.69) is 10.3 Å². The molecule has 126 valence electrons. The van der Waals surface area contributed by atoms with E-state index in [1.807, 2.05) is 12.1 Å². The van der Waals surface area contributed by atoms with Crippen molar-refractivity contribution in [2.75, 3.05) is 26.6 Å². The van der Waals surface area contributed by atoms with E-state index in [9.17, 15) is 9.59 Å². The second kappa shape index (κ2) is 7.28. The Morgan fingerprint density at radius 3 is 3.00 bits per heavy atom. The Balaban J connectivity index is 1.57. The van der Waals surface area contributed by atoms with E-state index >= 15 is 0 Å². The molecule has 9 heteroatoms. The van der Waals surface area contributed by atoms with Crippen molar-refractivity contribution in [3.8, 4) is 22.1 Å². The van der Waals surface area contributed by atoms with E-state index in [1.165, 1.54) is 11.3 Å². The maximum Gasteiger partial charge on any atom is 0.329 e. The summed E-state index contributed by atoms with van der Waals surface area (Å²) in [6.45, 7) is 0.148. The number of hydrogen-bond acceptors (Lipinski definition) is 7. The number of amides is 1. The summed E-state index contributed by atoms with van der Waals surface area (Å²) in [5.74, 6) is -0.0368. The predicted molar refractivity (Wildman–Crippen MR) is 84.5 cm³/mol. The summed E-state index contributed by atoms with van der Waals surface area (Å²) in [6.07, 6.45) is 0. The monoisotopic (exact) mass is 350 g/mol. The summed E-state index contributed by atoms with van der Waals surface area (Å²) >= 11 is 1.35. The van der Waals surface area contributed by atoms with E-state index < -0.39 is 5.97 Å². The summed E-state index contributed by atoms with van der Waals surface area (Å²) in [5.41, 5.74) is 1.14. The average Bonchev–Trinajstić information content (AvgIpc) is 3.22. The summed E-state index contributed by atoms with van der Waals surface area (Å²) in [7, 11) is 0. The van der Waals surface area contributed by atoms with Gasteiger partial charge in [0.15, 0.2) is 11.5 Å². The number of nitrogens with one attached hydrogen (secondary N) is 1. The van der Waals surface area contributed by atoms with Gasteiger partial charge in [-0.1, -0.05) is 0 Å². The fourth-order valence-electron chi connectivity index (χ4n) is 2.03. The number of carboxylic acids is 1. The van der Waals surface area contributed by atoms with Crippen LogP contribution in [0, 0.1) is 0 Å². The molecule has 3 rings (SSSR count). The molecule has 1 aromatic carbocycles. The van der Waals surface area contributed by atoms with Gasteiger partial charge in [0, 0.05) is 17.5 Å². The maximum absolute atomic E-state index is 12.0. The number of carbonyl (C=O) groups excluding carboxylic acids is 1. The van der Waals surface area contributed by atoms with Crippen LogP contribution in [0.5, 0.6) is 11.5 Å². The molecule has 0 saturated heterocycles. The Morgan fingerprint density at radius 1 is 1.33 bits per heavy atom. The fraction of sp³-hybridized carbons (Fsp3) is 0.267. The lowest BCUT2D eigenvalue weighted by atomic mass is 10.2. The van der Waals surface area contributed by atoms with Gasteiger partial charge < -0.3 is 24.6 Å². The van der Waals surface area contributed by atoms with Gasteiger partial charge in [0.05, 0.1) is 6.61 Å². The Hall–Kier alpha value is -2.65. The second-order valence-corrected chi connectivity index (χ2v) is 5.67. The number of carbonyl (C=O) groups is 2. The molecule has 0 unspecified atom stereocenters. The third-order valence-electron chi connectivity index (χ3n) is 3.11. The van der Waals surface area contributed by atoms with Crippen molar-refractivity contribution >= 4 is 23.2 Å². The molecule has 0 atom stereocenters. The van der Waals surface area contributed by atoms with Crippen LogP contribution in [-0.4, -0.2) is 48.5 Å². The minimum Gasteiger partial charge on any atom is -0.480 e. The van der Waals surface area contributed by atoms with Crippen LogP contribution >= 0.6 is 11.3 Å². The highest BCUT2D eigenvalue weighted by molar-refractivity contribution is 7.13. The zero-order chi connectivity index (χ0) is 16.9. The van der Waals surface area contributed by atoms with Crippen LogP contribution < -0.4 is 14.8 Å². The highest BCUT2D eigenvalue weighted by atomic mass is 32.1. The van der Waals surface area contributed by atoms with E-state index in [0.717, 1.165) is 5.56 Å². The number of hydrogen-bond donors (Lipinski definition) is 2. The lowest BCUT2D eigenvalue weighted by Gasteiger charge is -2.03. The highest BCUT2D eigenvalue weighted by Crippen LogP contribution is 2.36. The largest absolute Gasteiger partial charge is 0.480 e. The Morgan fingerprint density at radius 2 is 2.17 bits per heavy atom. The molecule has 1 aliphatic heterocycles. The van der Waals surface area contributed by atoms with Crippen molar-refractivity contribution in [3.05, 3.63) is 29.3 Å². The van der Waals surface area contributed by atoms with Gasteiger partial charge in [0.25, 0.3) is 5.91 Å². The minimum atomic E-state index is -1.05. The van der Waals surface area contributed by atoms with Crippen molar-refractivity contribution in [1.29, 1.82) is 0 Å². The molecular formula is C15H14N2O6S. The van der Waals surface area contributed by atoms with E-state index in [-0.39, 0.29) is 32.5 Å². The minimum absolute atomic E-state index is 0.122. The predicted octanol–water partition coefficient (Wildman–Crippen LogP) is 1.37. The Kier molecular flexibility index (Phi) is 4.92. The molecule has 8 nitrogen and oxygen atoms in total. The Bertz CT molecular complexity index is 760. The zero-order valence-electron chi connectivity index (χ0n) is 12.5. The van der Waals surface area contributed by atoms with Crippen LogP contribution in [0.1, 0.15) is 10.5 Å². The number of thiazole rings is 1. The Labute approximate surface area is 141 Å². The zero-order valence-corrected chi connectivity index (χ0v) is 13.3. The maximum atomic E-state index is 12.0. The molecule has 24 heavy (non-hydrogen) atoms. The summed E-state index contributed by atoms with van der Waals surface area (Å²) in [6, 6.07) is 5.48. The average molecular weight is 350 g/mol. The van der Waals surface area contributed by atoms with Gasteiger partial charge in [0.2, 0.25) is 6.79 Å². The van der Waals surface area contributed by atoms with Gasteiger partial charge in [-0.2, -0.15) is 0 Å². The summed E-state index contributed by atoms with van der Waals surface area (Å²) in [4.78, 5) is 26.6. The standard InChI is InChI=1S/C15H14N2O6S/c18-13(19)6-21-4-3-16-14(20)10-7-24-15(17-10)9-1-2-11-12(5-9)23-8-22-11/h1-2,5,7H,3-4,6,8H2,(H,16,20)(H,18,19). The van der Waals surface area contributed by atoms with Crippen LogP contribution in [0.25, 0.3) is 10.6 Å². The van der Waals surface area contributed by atoms with Crippen molar-refractivity contribution < 1.29 is 28.9 Å². The third kappa shape index (κ3) is 3.81. The first kappa shape index (κ1) is 16.2. The fourth-order valence-corrected chi connectivity index (χ4v) is 2.82. The summed E-state index contributed by atoms with van der Waals surface area (Å²) < 4.78 is 15.4. The van der Waals surface area contributed by atoms with Gasteiger partial charge >= 0.3 is 5.97 Å². The normalized spacial score (nSPS) is 12.2. The van der Waals surface area contributed by atoms with Crippen molar-refractivity contribution in [2.24, 2.45) is 0 Å². The molecule has 0 saturated carbocycles. The van der Waals surface area contributed by atoms with Crippen LogP contribution in [0.3, 0.4) is 0 Å². The first-order valence-corrected chi connectivity index (χ1v) is 7.95. The highest BCUT2D eigenvalue weighted by Gasteiger charge is 2.16. The number of ether oxygens (including phenoxy) is 3. The molecule has 2 N–H and O–H groups in total. The number of nitrogens with zero attached hydrogens (tertiary/aromatic N) is 1. The van der Waals surface area contributed by atoms with Crippen LogP contribution in [0.15, 0.2) is 23.6 Å². The molecule has 1 aliphatic rings.